The lowest BCUT2D eigenvalue weighted by molar-refractivity contribution is -0.384. The third-order valence-electron chi connectivity index (χ3n) is 3.77. The largest absolute Gasteiger partial charge is 0.289 e. The molecule has 21 heavy (non-hydrogen) atoms. The van der Waals surface area contributed by atoms with Crippen LogP contribution in [0.15, 0.2) is 23.1 Å². The van der Waals surface area contributed by atoms with E-state index in [-0.39, 0.29) is 21.6 Å². The molecule has 0 aromatic heterocycles. The molecule has 0 saturated carbocycles. The van der Waals surface area contributed by atoms with Gasteiger partial charge in [0.2, 0.25) is 10.0 Å². The van der Waals surface area contributed by atoms with E-state index in [4.69, 9.17) is 11.6 Å². The number of nitro groups is 1. The Balaban J connectivity index is 2.43. The van der Waals surface area contributed by atoms with E-state index in [1.54, 1.807) is 0 Å². The summed E-state index contributed by atoms with van der Waals surface area (Å²) in [6.07, 6.45) is 3.37. The SMILES string of the molecule is CC[C@H]1CCCCN1S(=O)(=O)c1ccc(Cl)c([N+](=O)[O-])c1. The molecule has 1 aliphatic rings. The number of nitro benzene ring substituents is 1. The van der Waals surface area contributed by atoms with Gasteiger partial charge in [-0.3, -0.25) is 10.1 Å². The van der Waals surface area contributed by atoms with Crippen LogP contribution in [0.4, 0.5) is 5.69 Å². The molecule has 1 aromatic rings. The quantitative estimate of drug-likeness (QED) is 0.626. The minimum absolute atomic E-state index is 0.0431. The van der Waals surface area contributed by atoms with Crippen LogP contribution in [0.3, 0.4) is 0 Å². The first-order valence-electron chi connectivity index (χ1n) is 6.83. The molecule has 1 heterocycles. The molecule has 0 aliphatic carbocycles. The monoisotopic (exact) mass is 332 g/mol. The van der Waals surface area contributed by atoms with Gasteiger partial charge in [0.25, 0.3) is 5.69 Å². The maximum Gasteiger partial charge on any atom is 0.289 e. The molecule has 1 aliphatic heterocycles. The maximum absolute atomic E-state index is 12.7. The highest BCUT2D eigenvalue weighted by molar-refractivity contribution is 7.89. The lowest BCUT2D eigenvalue weighted by Crippen LogP contribution is -2.43. The standard InChI is InChI=1S/C13H17ClN2O4S/c1-2-10-5-3-4-8-15(10)21(19,20)11-6-7-12(14)13(9-11)16(17)18/h6-7,9-10H,2-5,8H2,1H3/t10-/m0/s1. The average Bonchev–Trinajstić information content (AvgIpc) is 2.47. The minimum Gasteiger partial charge on any atom is -0.258 e. The van der Waals surface area contributed by atoms with Gasteiger partial charge in [0, 0.05) is 18.7 Å². The summed E-state index contributed by atoms with van der Waals surface area (Å²) in [6.45, 7) is 2.40. The van der Waals surface area contributed by atoms with E-state index < -0.39 is 14.9 Å². The van der Waals surface area contributed by atoms with Crippen molar-refractivity contribution in [2.75, 3.05) is 6.54 Å². The van der Waals surface area contributed by atoms with Crippen molar-refractivity contribution in [3.63, 3.8) is 0 Å². The molecule has 1 atom stereocenters. The Morgan fingerprint density at radius 1 is 1.43 bits per heavy atom. The van der Waals surface area contributed by atoms with Crippen LogP contribution in [0.2, 0.25) is 5.02 Å². The molecule has 0 N–H and O–H groups in total. The number of sulfonamides is 1. The Bertz CT molecular complexity index is 648. The van der Waals surface area contributed by atoms with E-state index in [2.05, 4.69) is 0 Å². The van der Waals surface area contributed by atoms with E-state index in [0.29, 0.717) is 6.54 Å². The Kier molecular flexibility index (Phi) is 4.85. The molecule has 2 rings (SSSR count). The molecule has 116 valence electrons. The molecule has 1 aromatic carbocycles. The van der Waals surface area contributed by atoms with Crippen molar-refractivity contribution in [3.05, 3.63) is 33.3 Å². The van der Waals surface area contributed by atoms with Crippen LogP contribution in [0, 0.1) is 10.1 Å². The molecule has 6 nitrogen and oxygen atoms in total. The van der Waals surface area contributed by atoms with E-state index in [9.17, 15) is 18.5 Å². The van der Waals surface area contributed by atoms with Crippen LogP contribution in [0.1, 0.15) is 32.6 Å². The Morgan fingerprint density at radius 3 is 2.76 bits per heavy atom. The highest BCUT2D eigenvalue weighted by Crippen LogP contribution is 2.31. The van der Waals surface area contributed by atoms with E-state index in [1.807, 2.05) is 6.92 Å². The molecular weight excluding hydrogens is 316 g/mol. The summed E-state index contributed by atoms with van der Waals surface area (Å²) in [6, 6.07) is 3.58. The summed E-state index contributed by atoms with van der Waals surface area (Å²) in [5.74, 6) is 0. The number of benzene rings is 1. The summed E-state index contributed by atoms with van der Waals surface area (Å²) in [5, 5.41) is 10.8. The van der Waals surface area contributed by atoms with Crippen molar-refractivity contribution in [2.45, 2.75) is 43.5 Å². The zero-order chi connectivity index (χ0) is 15.6. The molecule has 0 unspecified atom stereocenters. The fourth-order valence-corrected chi connectivity index (χ4v) is 4.60. The number of nitrogens with zero attached hydrogens (tertiary/aromatic N) is 2. The number of hydrogen-bond acceptors (Lipinski definition) is 4. The fourth-order valence-electron chi connectivity index (χ4n) is 2.63. The van der Waals surface area contributed by atoms with Crippen LogP contribution in [-0.4, -0.2) is 30.2 Å². The first kappa shape index (κ1) is 16.2. The van der Waals surface area contributed by atoms with Crippen molar-refractivity contribution >= 4 is 27.3 Å². The molecule has 0 bridgehead atoms. The zero-order valence-corrected chi connectivity index (χ0v) is 13.2. The van der Waals surface area contributed by atoms with Gasteiger partial charge in [-0.25, -0.2) is 8.42 Å². The van der Waals surface area contributed by atoms with Gasteiger partial charge in [0.1, 0.15) is 5.02 Å². The second-order valence-corrected chi connectivity index (χ2v) is 7.34. The number of piperidine rings is 1. The Morgan fingerprint density at radius 2 is 2.14 bits per heavy atom. The number of halogens is 1. The average molecular weight is 333 g/mol. The van der Waals surface area contributed by atoms with Gasteiger partial charge in [0.05, 0.1) is 9.82 Å². The lowest BCUT2D eigenvalue weighted by atomic mass is 10.0. The molecule has 8 heteroatoms. The highest BCUT2D eigenvalue weighted by atomic mass is 35.5. The second-order valence-electron chi connectivity index (χ2n) is 5.04. The van der Waals surface area contributed by atoms with Crippen molar-refractivity contribution in [2.24, 2.45) is 0 Å². The van der Waals surface area contributed by atoms with Crippen LogP contribution in [0.25, 0.3) is 0 Å². The van der Waals surface area contributed by atoms with Gasteiger partial charge < -0.3 is 0 Å². The minimum atomic E-state index is -3.73. The van der Waals surface area contributed by atoms with Crippen molar-refractivity contribution in [1.82, 2.24) is 4.31 Å². The third kappa shape index (κ3) is 3.20. The summed E-state index contributed by atoms with van der Waals surface area (Å²) < 4.78 is 26.9. The molecule has 0 amide bonds. The predicted molar refractivity (Wildman–Crippen MR) is 79.9 cm³/mol. The molecule has 1 fully saturated rings. The molecular formula is C13H17ClN2O4S. The van der Waals surface area contributed by atoms with Gasteiger partial charge in [0.15, 0.2) is 0 Å². The van der Waals surface area contributed by atoms with Gasteiger partial charge in [-0.2, -0.15) is 4.31 Å². The van der Waals surface area contributed by atoms with Crippen molar-refractivity contribution in [3.8, 4) is 0 Å². The topological polar surface area (TPSA) is 80.5 Å². The van der Waals surface area contributed by atoms with E-state index in [1.165, 1.54) is 16.4 Å². The van der Waals surface area contributed by atoms with Crippen LogP contribution >= 0.6 is 11.6 Å². The molecule has 0 spiro atoms. The normalized spacial score (nSPS) is 20.4. The first-order valence-corrected chi connectivity index (χ1v) is 8.65. The van der Waals surface area contributed by atoms with E-state index >= 15 is 0 Å². The van der Waals surface area contributed by atoms with Crippen LogP contribution in [0.5, 0.6) is 0 Å². The summed E-state index contributed by atoms with van der Waals surface area (Å²) in [7, 11) is -3.73. The summed E-state index contributed by atoms with van der Waals surface area (Å²) in [4.78, 5) is 10.2. The van der Waals surface area contributed by atoms with Gasteiger partial charge in [-0.15, -0.1) is 0 Å². The van der Waals surface area contributed by atoms with E-state index in [0.717, 1.165) is 31.7 Å². The first-order chi connectivity index (χ1) is 9.87. The van der Waals surface area contributed by atoms with Gasteiger partial charge >= 0.3 is 0 Å². The van der Waals surface area contributed by atoms with Crippen LogP contribution in [-0.2, 0) is 10.0 Å². The van der Waals surface area contributed by atoms with Gasteiger partial charge in [-0.05, 0) is 31.4 Å². The Labute approximate surface area is 128 Å². The third-order valence-corrected chi connectivity index (χ3v) is 6.03. The van der Waals surface area contributed by atoms with Crippen LogP contribution < -0.4 is 0 Å². The number of rotatable bonds is 4. The second kappa shape index (κ2) is 6.29. The van der Waals surface area contributed by atoms with Crippen molar-refractivity contribution < 1.29 is 13.3 Å². The predicted octanol–water partition coefficient (Wildman–Crippen LogP) is 3.20. The fraction of sp³-hybridized carbons (Fsp3) is 0.538. The summed E-state index contributed by atoms with van der Waals surface area (Å²) >= 11 is 5.73. The number of hydrogen-bond donors (Lipinski definition) is 0. The smallest absolute Gasteiger partial charge is 0.258 e. The summed E-state index contributed by atoms with van der Waals surface area (Å²) in [5.41, 5.74) is -0.386. The van der Waals surface area contributed by atoms with Gasteiger partial charge in [-0.1, -0.05) is 24.9 Å². The zero-order valence-electron chi connectivity index (χ0n) is 11.7. The lowest BCUT2D eigenvalue weighted by Gasteiger charge is -2.34. The molecule has 1 saturated heterocycles. The highest BCUT2D eigenvalue weighted by Gasteiger charge is 2.33. The van der Waals surface area contributed by atoms with Crippen molar-refractivity contribution in [1.29, 1.82) is 0 Å². The Hall–Kier alpha value is -1.18. The maximum atomic E-state index is 12.7. The molecule has 0 radical (unpaired) electrons.